The molecule has 2 unspecified atom stereocenters. The molecule has 2 aliphatic heterocycles. The quantitative estimate of drug-likeness (QED) is 0.306. The van der Waals surface area contributed by atoms with Crippen molar-refractivity contribution in [2.75, 3.05) is 46.6 Å². The van der Waals surface area contributed by atoms with Crippen molar-refractivity contribution in [2.45, 2.75) is 44.7 Å². The Bertz CT molecular complexity index is 745. The lowest BCUT2D eigenvalue weighted by Gasteiger charge is -2.37. The molecule has 2 aliphatic rings. The predicted molar refractivity (Wildman–Crippen MR) is 125 cm³/mol. The molecule has 0 aliphatic carbocycles. The van der Waals surface area contributed by atoms with E-state index in [1.807, 2.05) is 6.92 Å². The van der Waals surface area contributed by atoms with Crippen LogP contribution in [0.1, 0.15) is 25.3 Å². The summed E-state index contributed by atoms with van der Waals surface area (Å²) < 4.78 is 59.0. The molecule has 3 rings (SSSR count). The Balaban J connectivity index is 0.00000363. The molecule has 0 spiro atoms. The molecule has 1 N–H and O–H groups in total. The summed E-state index contributed by atoms with van der Waals surface area (Å²) in [5.74, 6) is 1.06. The van der Waals surface area contributed by atoms with Crippen LogP contribution in [0.5, 0.6) is 11.5 Å². The van der Waals surface area contributed by atoms with Crippen LogP contribution in [0.3, 0.4) is 0 Å². The molecule has 0 radical (unpaired) electrons. The number of alkyl halides is 3. The number of morpholine rings is 1. The van der Waals surface area contributed by atoms with E-state index in [1.165, 1.54) is 13.2 Å². The number of hydrogen-bond donors (Lipinski definition) is 1. The third-order valence-electron chi connectivity index (χ3n) is 5.14. The second-order valence-electron chi connectivity index (χ2n) is 7.47. The number of benzene rings is 1. The molecular formula is C21H31F3IN3O4. The lowest BCUT2D eigenvalue weighted by Crippen LogP contribution is -2.53. The topological polar surface area (TPSA) is 64.6 Å². The summed E-state index contributed by atoms with van der Waals surface area (Å²) in [4.78, 5) is 6.88. The number of aliphatic imine (C=N–C) groups is 1. The zero-order chi connectivity index (χ0) is 22.3. The fraction of sp³-hybridized carbons (Fsp3) is 0.667. The first-order chi connectivity index (χ1) is 14.9. The van der Waals surface area contributed by atoms with Gasteiger partial charge in [0.2, 0.25) is 0 Å². The normalized spacial score (nSPS) is 21.8. The smallest absolute Gasteiger partial charge is 0.422 e. The van der Waals surface area contributed by atoms with Gasteiger partial charge in [0.1, 0.15) is 6.10 Å². The van der Waals surface area contributed by atoms with Gasteiger partial charge in [0.15, 0.2) is 24.1 Å². The van der Waals surface area contributed by atoms with Crippen molar-refractivity contribution in [3.05, 3.63) is 23.8 Å². The minimum Gasteiger partial charge on any atom is -0.493 e. The second-order valence-corrected chi connectivity index (χ2v) is 7.47. The van der Waals surface area contributed by atoms with Crippen molar-refractivity contribution < 1.29 is 32.1 Å². The highest BCUT2D eigenvalue weighted by Gasteiger charge is 2.32. The number of ether oxygens (including phenoxy) is 4. The van der Waals surface area contributed by atoms with E-state index in [-0.39, 0.29) is 47.7 Å². The van der Waals surface area contributed by atoms with Gasteiger partial charge in [-0.2, -0.15) is 13.2 Å². The van der Waals surface area contributed by atoms with Crippen molar-refractivity contribution in [1.29, 1.82) is 0 Å². The van der Waals surface area contributed by atoms with E-state index in [0.29, 0.717) is 26.2 Å². The molecule has 2 atom stereocenters. The van der Waals surface area contributed by atoms with Gasteiger partial charge in [-0.3, -0.25) is 0 Å². The van der Waals surface area contributed by atoms with Crippen molar-refractivity contribution in [1.82, 2.24) is 10.2 Å². The summed E-state index contributed by atoms with van der Waals surface area (Å²) in [5.41, 5.74) is 0.801. The fourth-order valence-corrected chi connectivity index (χ4v) is 3.67. The van der Waals surface area contributed by atoms with Gasteiger partial charge < -0.3 is 29.2 Å². The maximum Gasteiger partial charge on any atom is 0.422 e. The van der Waals surface area contributed by atoms with Crippen LogP contribution in [-0.2, 0) is 16.0 Å². The van der Waals surface area contributed by atoms with Gasteiger partial charge in [-0.15, -0.1) is 24.0 Å². The van der Waals surface area contributed by atoms with Crippen molar-refractivity contribution >= 4 is 29.9 Å². The van der Waals surface area contributed by atoms with Crippen molar-refractivity contribution in [3.8, 4) is 11.5 Å². The Morgan fingerprint density at radius 3 is 2.66 bits per heavy atom. The van der Waals surface area contributed by atoms with Crippen LogP contribution >= 0.6 is 24.0 Å². The van der Waals surface area contributed by atoms with Crippen molar-refractivity contribution in [2.24, 2.45) is 4.99 Å². The Morgan fingerprint density at radius 1 is 1.22 bits per heavy atom. The highest BCUT2D eigenvalue weighted by molar-refractivity contribution is 14.0. The van der Waals surface area contributed by atoms with E-state index < -0.39 is 12.8 Å². The molecule has 7 nitrogen and oxygen atoms in total. The summed E-state index contributed by atoms with van der Waals surface area (Å²) in [6.45, 7) is 4.51. The summed E-state index contributed by atoms with van der Waals surface area (Å²) in [7, 11) is 1.39. The van der Waals surface area contributed by atoms with Crippen LogP contribution in [0.2, 0.25) is 0 Å². The van der Waals surface area contributed by atoms with Gasteiger partial charge in [0.05, 0.1) is 26.4 Å². The van der Waals surface area contributed by atoms with Crippen LogP contribution in [0.25, 0.3) is 0 Å². The highest BCUT2D eigenvalue weighted by Crippen LogP contribution is 2.30. The molecule has 32 heavy (non-hydrogen) atoms. The molecule has 1 aromatic carbocycles. The lowest BCUT2D eigenvalue weighted by molar-refractivity contribution is -0.153. The molecule has 2 fully saturated rings. The predicted octanol–water partition coefficient (Wildman–Crippen LogP) is 3.60. The van der Waals surface area contributed by atoms with Gasteiger partial charge >= 0.3 is 6.18 Å². The molecular weight excluding hydrogens is 542 g/mol. The standard InChI is InChI=1S/C21H30F3N3O4.HI/c1-3-25-20(27-8-10-30-19(13-27)16-5-4-9-29-16)26-12-15-6-7-17(18(11-15)28-2)31-14-21(22,23)24;/h6-7,11,16,19H,3-5,8-10,12-14H2,1-2H3,(H,25,26);1H. The lowest BCUT2D eigenvalue weighted by atomic mass is 10.1. The average Bonchev–Trinajstić information content (AvgIpc) is 3.30. The van der Waals surface area contributed by atoms with Gasteiger partial charge in [-0.1, -0.05) is 6.07 Å². The van der Waals surface area contributed by atoms with Crippen LogP contribution < -0.4 is 14.8 Å². The first-order valence-electron chi connectivity index (χ1n) is 10.5. The third-order valence-corrected chi connectivity index (χ3v) is 5.14. The van der Waals surface area contributed by atoms with E-state index in [2.05, 4.69) is 10.2 Å². The van der Waals surface area contributed by atoms with Gasteiger partial charge in [0.25, 0.3) is 0 Å². The van der Waals surface area contributed by atoms with Gasteiger partial charge in [0, 0.05) is 26.2 Å². The average molecular weight is 573 g/mol. The number of nitrogens with zero attached hydrogens (tertiary/aromatic N) is 2. The molecule has 11 heteroatoms. The van der Waals surface area contributed by atoms with Crippen LogP contribution in [0, 0.1) is 0 Å². The number of halogens is 4. The molecule has 0 saturated carbocycles. The number of methoxy groups -OCH3 is 1. The van der Waals surface area contributed by atoms with E-state index >= 15 is 0 Å². The molecule has 1 aromatic rings. The van der Waals surface area contributed by atoms with E-state index in [1.54, 1.807) is 12.1 Å². The molecule has 0 aromatic heterocycles. The van der Waals surface area contributed by atoms with E-state index in [4.69, 9.17) is 23.9 Å². The van der Waals surface area contributed by atoms with Crippen LogP contribution in [-0.4, -0.2) is 75.8 Å². The second kappa shape index (κ2) is 12.7. The SMILES string of the molecule is CCNC(=NCc1ccc(OCC(F)(F)F)c(OC)c1)N1CCOC(C2CCCO2)C1.I. The summed E-state index contributed by atoms with van der Waals surface area (Å²) in [6, 6.07) is 4.81. The van der Waals surface area contributed by atoms with E-state index in [9.17, 15) is 13.2 Å². The summed E-state index contributed by atoms with van der Waals surface area (Å²) >= 11 is 0. The Hall–Kier alpha value is -1.47. The molecule has 0 amide bonds. The number of rotatable bonds is 7. The fourth-order valence-electron chi connectivity index (χ4n) is 3.67. The summed E-state index contributed by atoms with van der Waals surface area (Å²) in [6.07, 6.45) is -2.20. The first kappa shape index (κ1) is 26.8. The minimum absolute atomic E-state index is 0. The number of guanidine groups is 1. The Kier molecular flexibility index (Phi) is 10.6. The minimum atomic E-state index is -4.41. The van der Waals surface area contributed by atoms with Crippen molar-refractivity contribution in [3.63, 3.8) is 0 Å². The van der Waals surface area contributed by atoms with Gasteiger partial charge in [-0.05, 0) is 37.5 Å². The van der Waals surface area contributed by atoms with Gasteiger partial charge in [-0.25, -0.2) is 4.99 Å². The maximum absolute atomic E-state index is 12.4. The number of hydrogen-bond acceptors (Lipinski definition) is 5. The number of nitrogens with one attached hydrogen (secondary N) is 1. The molecule has 0 bridgehead atoms. The molecule has 2 heterocycles. The monoisotopic (exact) mass is 573 g/mol. The Labute approximate surface area is 203 Å². The van der Waals surface area contributed by atoms with Crippen LogP contribution in [0.15, 0.2) is 23.2 Å². The Morgan fingerprint density at radius 2 is 2.00 bits per heavy atom. The van der Waals surface area contributed by atoms with E-state index in [0.717, 1.165) is 37.5 Å². The zero-order valence-corrected chi connectivity index (χ0v) is 20.7. The third kappa shape index (κ3) is 7.84. The zero-order valence-electron chi connectivity index (χ0n) is 18.3. The largest absolute Gasteiger partial charge is 0.493 e. The first-order valence-corrected chi connectivity index (χ1v) is 10.5. The highest BCUT2D eigenvalue weighted by atomic mass is 127. The van der Waals surface area contributed by atoms with Crippen LogP contribution in [0.4, 0.5) is 13.2 Å². The summed E-state index contributed by atoms with van der Waals surface area (Å²) in [5, 5.41) is 3.31. The molecule has 2 saturated heterocycles. The maximum atomic E-state index is 12.4. The molecule has 182 valence electrons.